The summed E-state index contributed by atoms with van der Waals surface area (Å²) >= 11 is 6.35. The summed E-state index contributed by atoms with van der Waals surface area (Å²) in [6.07, 6.45) is -1.11. The van der Waals surface area contributed by atoms with E-state index in [1.54, 1.807) is 38.3 Å². The van der Waals surface area contributed by atoms with Crippen LogP contribution in [-0.2, 0) is 13.0 Å². The van der Waals surface area contributed by atoms with E-state index in [1.807, 2.05) is 0 Å². The molecule has 1 aromatic carbocycles. The fraction of sp³-hybridized carbons (Fsp3) is 0.409. The van der Waals surface area contributed by atoms with E-state index in [4.69, 9.17) is 11.6 Å². The predicted molar refractivity (Wildman–Crippen MR) is 113 cm³/mol. The molecule has 0 radical (unpaired) electrons. The van der Waals surface area contributed by atoms with E-state index in [9.17, 15) is 23.1 Å². The highest BCUT2D eigenvalue weighted by molar-refractivity contribution is 6.34. The normalized spacial score (nSPS) is 18.6. The average Bonchev–Trinajstić information content (AvgIpc) is 3.01. The van der Waals surface area contributed by atoms with Crippen molar-refractivity contribution in [2.45, 2.75) is 58.2 Å². The lowest BCUT2D eigenvalue weighted by atomic mass is 9.83. The van der Waals surface area contributed by atoms with Gasteiger partial charge in [-0.2, -0.15) is 0 Å². The van der Waals surface area contributed by atoms with Gasteiger partial charge in [0.2, 0.25) is 0 Å². The average molecular weight is 467 g/mol. The van der Waals surface area contributed by atoms with Gasteiger partial charge in [-0.05, 0) is 45.4 Å². The molecule has 4 rings (SSSR count). The number of amides is 1. The second kappa shape index (κ2) is 7.65. The summed E-state index contributed by atoms with van der Waals surface area (Å²) in [6.45, 7) is 7.05. The number of imidazole rings is 1. The molecule has 2 aromatic heterocycles. The molecule has 0 saturated heterocycles. The lowest BCUT2D eigenvalue weighted by Crippen LogP contribution is -2.56. The number of aromatic nitrogens is 3. The third kappa shape index (κ3) is 3.68. The second-order valence-corrected chi connectivity index (χ2v) is 9.45. The van der Waals surface area contributed by atoms with Gasteiger partial charge in [0.15, 0.2) is 17.3 Å². The van der Waals surface area contributed by atoms with Crippen molar-refractivity contribution < 1.29 is 23.1 Å². The SMILES string of the molecule is Cc1cc(Cl)c2nc3n(c2n1)C[C@H](N(C(=O)O)C(C)(C)C)[C@@H](c1cc(F)c(F)cc1F)C3. The van der Waals surface area contributed by atoms with Crippen molar-refractivity contribution in [2.75, 3.05) is 0 Å². The van der Waals surface area contributed by atoms with E-state index >= 15 is 0 Å². The summed E-state index contributed by atoms with van der Waals surface area (Å²) < 4.78 is 44.3. The molecule has 0 unspecified atom stereocenters. The third-order valence-corrected chi connectivity index (χ3v) is 6.09. The van der Waals surface area contributed by atoms with Gasteiger partial charge < -0.3 is 9.67 Å². The highest BCUT2D eigenvalue weighted by Crippen LogP contribution is 2.39. The summed E-state index contributed by atoms with van der Waals surface area (Å²) in [6, 6.07) is 2.17. The zero-order valence-corrected chi connectivity index (χ0v) is 18.7. The van der Waals surface area contributed by atoms with Crippen LogP contribution in [0.5, 0.6) is 0 Å². The maximum Gasteiger partial charge on any atom is 0.408 e. The molecular weight excluding hydrogens is 445 g/mol. The Morgan fingerprint density at radius 1 is 1.16 bits per heavy atom. The summed E-state index contributed by atoms with van der Waals surface area (Å²) in [7, 11) is 0. The van der Waals surface area contributed by atoms with Gasteiger partial charge in [-0.25, -0.2) is 27.9 Å². The van der Waals surface area contributed by atoms with Gasteiger partial charge >= 0.3 is 6.09 Å². The summed E-state index contributed by atoms with van der Waals surface area (Å²) in [5.41, 5.74) is 0.673. The molecule has 3 aromatic rings. The van der Waals surface area contributed by atoms with Gasteiger partial charge in [0, 0.05) is 36.2 Å². The van der Waals surface area contributed by atoms with Crippen LogP contribution in [0.1, 0.15) is 43.8 Å². The Bertz CT molecular complexity index is 1240. The van der Waals surface area contributed by atoms with Crippen LogP contribution in [0.25, 0.3) is 11.2 Å². The first-order valence-electron chi connectivity index (χ1n) is 10.1. The monoisotopic (exact) mass is 466 g/mol. The Morgan fingerprint density at radius 2 is 1.81 bits per heavy atom. The lowest BCUT2D eigenvalue weighted by Gasteiger charge is -2.45. The van der Waals surface area contributed by atoms with Crippen LogP contribution in [-0.4, -0.2) is 42.2 Å². The number of hydrogen-bond acceptors (Lipinski definition) is 3. The molecule has 0 fully saturated rings. The number of benzene rings is 1. The van der Waals surface area contributed by atoms with E-state index in [2.05, 4.69) is 9.97 Å². The van der Waals surface area contributed by atoms with Gasteiger partial charge in [-0.1, -0.05) is 11.6 Å². The molecule has 0 spiro atoms. The second-order valence-electron chi connectivity index (χ2n) is 9.05. The van der Waals surface area contributed by atoms with Crippen LogP contribution >= 0.6 is 11.6 Å². The molecule has 6 nitrogen and oxygen atoms in total. The van der Waals surface area contributed by atoms with E-state index in [-0.39, 0.29) is 18.5 Å². The Hall–Kier alpha value is -2.81. The van der Waals surface area contributed by atoms with E-state index in [1.165, 1.54) is 4.90 Å². The molecule has 10 heteroatoms. The van der Waals surface area contributed by atoms with E-state index in [0.717, 1.165) is 6.07 Å². The van der Waals surface area contributed by atoms with Crippen LogP contribution in [0.2, 0.25) is 5.02 Å². The predicted octanol–water partition coefficient (Wildman–Crippen LogP) is 5.30. The molecule has 32 heavy (non-hydrogen) atoms. The van der Waals surface area contributed by atoms with Crippen LogP contribution in [0.4, 0.5) is 18.0 Å². The minimum absolute atomic E-state index is 0.0955. The molecule has 2 atom stereocenters. The molecule has 1 amide bonds. The van der Waals surface area contributed by atoms with Gasteiger partial charge in [0.25, 0.3) is 0 Å². The zero-order chi connectivity index (χ0) is 23.5. The molecule has 3 heterocycles. The molecule has 0 aliphatic carbocycles. The highest BCUT2D eigenvalue weighted by Gasteiger charge is 2.43. The van der Waals surface area contributed by atoms with Gasteiger partial charge in [-0.15, -0.1) is 0 Å². The molecule has 1 aliphatic rings. The summed E-state index contributed by atoms with van der Waals surface area (Å²) in [5.74, 6) is -3.72. The smallest absolute Gasteiger partial charge is 0.408 e. The molecule has 1 aliphatic heterocycles. The van der Waals surface area contributed by atoms with Crippen molar-refractivity contribution in [2.24, 2.45) is 0 Å². The first kappa shape index (κ1) is 22.4. The third-order valence-electron chi connectivity index (χ3n) is 5.80. The van der Waals surface area contributed by atoms with Crippen LogP contribution in [0, 0.1) is 24.4 Å². The number of fused-ring (bicyclic) bond motifs is 3. The van der Waals surface area contributed by atoms with Crippen molar-refractivity contribution in [1.82, 2.24) is 19.4 Å². The van der Waals surface area contributed by atoms with Gasteiger partial charge in [-0.3, -0.25) is 4.90 Å². The van der Waals surface area contributed by atoms with E-state index in [0.29, 0.717) is 33.8 Å². The van der Waals surface area contributed by atoms with Crippen LogP contribution in [0.15, 0.2) is 18.2 Å². The topological polar surface area (TPSA) is 71.2 Å². The fourth-order valence-corrected chi connectivity index (χ4v) is 4.82. The van der Waals surface area contributed by atoms with Gasteiger partial charge in [0.05, 0.1) is 11.1 Å². The standard InChI is InChI=1S/C22H22ClF3N4O2/c1-10-5-13(23)19-20(27-10)29-9-17(30(21(31)32)22(2,3)4)12(7-18(29)28-19)11-6-15(25)16(26)8-14(11)24/h5-6,8,12,17H,7,9H2,1-4H3,(H,31,32)/t12-,17+/m1/s1. The maximum absolute atomic E-state index is 14.8. The zero-order valence-electron chi connectivity index (χ0n) is 18.0. The number of pyridine rings is 1. The number of carbonyl (C=O) groups is 1. The van der Waals surface area contributed by atoms with E-state index < -0.39 is 41.0 Å². The number of rotatable bonds is 2. The number of aryl methyl sites for hydroxylation is 1. The lowest BCUT2D eigenvalue weighted by molar-refractivity contribution is 0.0481. The number of nitrogens with zero attached hydrogens (tertiary/aromatic N) is 4. The van der Waals surface area contributed by atoms with Crippen molar-refractivity contribution in [3.05, 3.63) is 57.8 Å². The quantitative estimate of drug-likeness (QED) is 0.520. The summed E-state index contributed by atoms with van der Waals surface area (Å²) in [4.78, 5) is 22.6. The van der Waals surface area contributed by atoms with Crippen molar-refractivity contribution >= 4 is 28.9 Å². The van der Waals surface area contributed by atoms with Crippen molar-refractivity contribution in [3.63, 3.8) is 0 Å². The largest absolute Gasteiger partial charge is 0.465 e. The minimum atomic E-state index is -1.30. The fourth-order valence-electron chi connectivity index (χ4n) is 4.54. The van der Waals surface area contributed by atoms with Crippen LogP contribution < -0.4 is 0 Å². The van der Waals surface area contributed by atoms with Crippen LogP contribution in [0.3, 0.4) is 0 Å². The molecule has 0 saturated carbocycles. The Labute approximate surface area is 187 Å². The Balaban J connectivity index is 1.95. The number of hydrogen-bond donors (Lipinski definition) is 1. The molecular formula is C22H22ClF3N4O2. The highest BCUT2D eigenvalue weighted by atomic mass is 35.5. The van der Waals surface area contributed by atoms with Crippen molar-refractivity contribution in [1.29, 1.82) is 0 Å². The summed E-state index contributed by atoms with van der Waals surface area (Å²) in [5, 5.41) is 10.4. The van der Waals surface area contributed by atoms with Crippen molar-refractivity contribution in [3.8, 4) is 0 Å². The first-order valence-corrected chi connectivity index (χ1v) is 10.4. The maximum atomic E-state index is 14.8. The molecule has 0 bridgehead atoms. The first-order chi connectivity index (χ1) is 14.9. The minimum Gasteiger partial charge on any atom is -0.465 e. The Kier molecular flexibility index (Phi) is 5.35. The molecule has 1 N–H and O–H groups in total. The Morgan fingerprint density at radius 3 is 2.44 bits per heavy atom. The number of carboxylic acid groups (broad SMARTS) is 1. The van der Waals surface area contributed by atoms with Gasteiger partial charge in [0.1, 0.15) is 17.2 Å². The molecule has 170 valence electrons. The number of halogens is 4.